The predicted molar refractivity (Wildman–Crippen MR) is 84.9 cm³/mol. The predicted octanol–water partition coefficient (Wildman–Crippen LogP) is 3.32. The van der Waals surface area contributed by atoms with E-state index in [-0.39, 0.29) is 11.0 Å². The van der Waals surface area contributed by atoms with Gasteiger partial charge in [-0.2, -0.15) is 8.78 Å². The van der Waals surface area contributed by atoms with Gasteiger partial charge in [0, 0.05) is 18.0 Å². The summed E-state index contributed by atoms with van der Waals surface area (Å²) in [4.78, 5) is 2.49. The molecule has 1 aromatic heterocycles. The fraction of sp³-hybridized carbons (Fsp3) is 0.333. The molecule has 2 heterocycles. The average Bonchev–Trinajstić information content (AvgIpc) is 3.09. The summed E-state index contributed by atoms with van der Waals surface area (Å²) in [5.41, 5.74) is 0.303. The average molecular weight is 359 g/mol. The van der Waals surface area contributed by atoms with E-state index in [1.54, 1.807) is 28.4 Å². The normalized spacial score (nSPS) is 19.3. The van der Waals surface area contributed by atoms with Gasteiger partial charge >= 0.3 is 5.76 Å². The van der Waals surface area contributed by atoms with E-state index in [0.29, 0.717) is 25.4 Å². The second-order valence-electron chi connectivity index (χ2n) is 5.09. The quantitative estimate of drug-likeness (QED) is 0.840. The fourth-order valence-corrected chi connectivity index (χ4v) is 4.28. The molecule has 1 aromatic carbocycles. The van der Waals surface area contributed by atoms with E-state index < -0.39 is 15.6 Å². The second-order valence-corrected chi connectivity index (χ2v) is 7.96. The smallest absolute Gasteiger partial charge is 0.341 e. The van der Waals surface area contributed by atoms with Crippen LogP contribution in [0.4, 0.5) is 14.5 Å². The molecule has 2 aromatic rings. The van der Waals surface area contributed by atoms with Gasteiger partial charge in [-0.05, 0) is 23.6 Å². The minimum atomic E-state index is -4.64. The Morgan fingerprint density at radius 1 is 1.22 bits per heavy atom. The molecule has 0 spiro atoms. The van der Waals surface area contributed by atoms with E-state index in [9.17, 15) is 17.2 Å². The van der Waals surface area contributed by atoms with Crippen LogP contribution in [0.2, 0.25) is 0 Å². The third kappa shape index (κ3) is 3.24. The highest BCUT2D eigenvalue weighted by Crippen LogP contribution is 2.33. The summed E-state index contributed by atoms with van der Waals surface area (Å²) in [6, 6.07) is 9.75. The lowest BCUT2D eigenvalue weighted by Crippen LogP contribution is -2.39. The molecular weight excluding hydrogens is 344 g/mol. The number of ether oxygens (including phenoxy) is 1. The van der Waals surface area contributed by atoms with Crippen LogP contribution in [0, 0.1) is 0 Å². The van der Waals surface area contributed by atoms with Crippen LogP contribution < -0.4 is 4.90 Å². The van der Waals surface area contributed by atoms with Gasteiger partial charge < -0.3 is 9.64 Å². The van der Waals surface area contributed by atoms with Crippen molar-refractivity contribution in [2.24, 2.45) is 0 Å². The number of hydrogen-bond acceptors (Lipinski definition) is 5. The maximum absolute atomic E-state index is 12.9. The van der Waals surface area contributed by atoms with E-state index in [4.69, 9.17) is 4.74 Å². The Morgan fingerprint density at radius 2 is 2.00 bits per heavy atom. The highest BCUT2D eigenvalue weighted by atomic mass is 32.2. The topological polar surface area (TPSA) is 46.6 Å². The Morgan fingerprint density at radius 3 is 2.70 bits per heavy atom. The first-order valence-electron chi connectivity index (χ1n) is 7.01. The number of halogens is 2. The van der Waals surface area contributed by atoms with Crippen molar-refractivity contribution in [2.45, 2.75) is 16.8 Å². The Labute approximate surface area is 137 Å². The van der Waals surface area contributed by atoms with Crippen molar-refractivity contribution >= 4 is 26.9 Å². The van der Waals surface area contributed by atoms with Gasteiger partial charge in [0.2, 0.25) is 9.84 Å². The number of anilines is 1. The van der Waals surface area contributed by atoms with Gasteiger partial charge in [0.1, 0.15) is 6.10 Å². The van der Waals surface area contributed by atoms with Crippen molar-refractivity contribution in [1.29, 1.82) is 0 Å². The van der Waals surface area contributed by atoms with E-state index in [0.717, 1.165) is 4.88 Å². The van der Waals surface area contributed by atoms with Gasteiger partial charge in [0.15, 0.2) is 0 Å². The molecule has 0 N–H and O–H groups in total. The molecule has 1 aliphatic rings. The Kier molecular flexibility index (Phi) is 4.65. The molecule has 3 rings (SSSR count). The van der Waals surface area contributed by atoms with E-state index in [1.165, 1.54) is 12.1 Å². The van der Waals surface area contributed by atoms with Gasteiger partial charge in [0.05, 0.1) is 17.2 Å². The first-order valence-corrected chi connectivity index (χ1v) is 9.44. The van der Waals surface area contributed by atoms with Crippen molar-refractivity contribution in [1.82, 2.24) is 0 Å². The van der Waals surface area contributed by atoms with Crippen molar-refractivity contribution in [3.8, 4) is 0 Å². The molecule has 0 saturated carbocycles. The molecular formula is C15H15F2NO3S2. The third-order valence-corrected chi connectivity index (χ3v) is 6.07. The Hall–Kier alpha value is -1.51. The molecule has 8 heteroatoms. The fourth-order valence-electron chi connectivity index (χ4n) is 2.57. The second kappa shape index (κ2) is 6.54. The van der Waals surface area contributed by atoms with E-state index >= 15 is 0 Å². The molecule has 124 valence electrons. The maximum Gasteiger partial charge on any atom is 0.341 e. The summed E-state index contributed by atoms with van der Waals surface area (Å²) in [6.07, 6.45) is -0.189. The van der Waals surface area contributed by atoms with Crippen LogP contribution >= 0.6 is 11.3 Å². The Bertz CT molecular complexity index is 763. The minimum Gasteiger partial charge on any atom is -0.369 e. The number of hydrogen-bond donors (Lipinski definition) is 0. The van der Waals surface area contributed by atoms with E-state index in [2.05, 4.69) is 0 Å². The van der Waals surface area contributed by atoms with Crippen LogP contribution in [0.3, 0.4) is 0 Å². The number of benzene rings is 1. The van der Waals surface area contributed by atoms with Gasteiger partial charge in [-0.1, -0.05) is 18.2 Å². The highest BCUT2D eigenvalue weighted by molar-refractivity contribution is 7.91. The van der Waals surface area contributed by atoms with Crippen LogP contribution in [0.5, 0.6) is 0 Å². The van der Waals surface area contributed by atoms with Gasteiger partial charge in [-0.15, -0.1) is 11.3 Å². The standard InChI is InChI=1S/C15H15F2NO3S2/c16-15(17)23(19,20)14-6-2-1-4-11(14)18-7-8-21-12(10-18)13-5-3-9-22-13/h1-6,9,12,15H,7-8,10H2. The molecule has 1 fully saturated rings. The lowest BCUT2D eigenvalue weighted by molar-refractivity contribution is 0.0419. The molecule has 0 amide bonds. The minimum absolute atomic E-state index is 0.189. The van der Waals surface area contributed by atoms with Gasteiger partial charge in [0.25, 0.3) is 0 Å². The molecule has 1 atom stereocenters. The summed E-state index contributed by atoms with van der Waals surface area (Å²) in [5.74, 6) is -3.43. The molecule has 0 aliphatic carbocycles. The molecule has 0 bridgehead atoms. The van der Waals surface area contributed by atoms with Crippen LogP contribution in [-0.2, 0) is 14.6 Å². The molecule has 1 aliphatic heterocycles. The molecule has 0 radical (unpaired) electrons. The number of rotatable bonds is 4. The molecule has 1 unspecified atom stereocenters. The summed E-state index contributed by atoms with van der Waals surface area (Å²) in [7, 11) is -4.64. The first kappa shape index (κ1) is 16.4. The zero-order chi connectivity index (χ0) is 16.4. The number of morpholine rings is 1. The van der Waals surface area contributed by atoms with Crippen molar-refractivity contribution in [2.75, 3.05) is 24.6 Å². The van der Waals surface area contributed by atoms with Gasteiger partial charge in [-0.25, -0.2) is 8.42 Å². The van der Waals surface area contributed by atoms with Crippen molar-refractivity contribution in [3.63, 3.8) is 0 Å². The molecule has 1 saturated heterocycles. The zero-order valence-corrected chi connectivity index (χ0v) is 13.7. The highest BCUT2D eigenvalue weighted by Gasteiger charge is 2.32. The number of alkyl halides is 2. The van der Waals surface area contributed by atoms with Crippen LogP contribution in [0.25, 0.3) is 0 Å². The van der Waals surface area contributed by atoms with E-state index in [1.807, 2.05) is 17.5 Å². The lowest BCUT2D eigenvalue weighted by Gasteiger charge is -2.35. The monoisotopic (exact) mass is 359 g/mol. The number of nitrogens with zero attached hydrogens (tertiary/aromatic N) is 1. The summed E-state index contributed by atoms with van der Waals surface area (Å²) in [5, 5.41) is 1.94. The number of para-hydroxylation sites is 1. The van der Waals surface area contributed by atoms with Crippen molar-refractivity contribution < 1.29 is 21.9 Å². The van der Waals surface area contributed by atoms with Crippen LogP contribution in [0.1, 0.15) is 11.0 Å². The summed E-state index contributed by atoms with van der Waals surface area (Å²) < 4.78 is 55.3. The number of thiophene rings is 1. The first-order chi connectivity index (χ1) is 11.0. The lowest BCUT2D eigenvalue weighted by atomic mass is 10.2. The molecule has 23 heavy (non-hydrogen) atoms. The Balaban J connectivity index is 1.93. The zero-order valence-electron chi connectivity index (χ0n) is 12.1. The van der Waals surface area contributed by atoms with Crippen LogP contribution in [0.15, 0.2) is 46.7 Å². The summed E-state index contributed by atoms with van der Waals surface area (Å²) >= 11 is 1.55. The SMILES string of the molecule is O=S(=O)(c1ccccc1N1CCOC(c2cccs2)C1)C(F)F. The molecule has 4 nitrogen and oxygen atoms in total. The third-order valence-electron chi connectivity index (χ3n) is 3.67. The maximum atomic E-state index is 12.9. The largest absolute Gasteiger partial charge is 0.369 e. The van der Waals surface area contributed by atoms with Crippen LogP contribution in [-0.4, -0.2) is 33.9 Å². The van der Waals surface area contributed by atoms with Crippen molar-refractivity contribution in [3.05, 3.63) is 46.7 Å². The number of sulfone groups is 1. The van der Waals surface area contributed by atoms with Gasteiger partial charge in [-0.3, -0.25) is 0 Å². The summed E-state index contributed by atoms with van der Waals surface area (Å²) in [6.45, 7) is 1.29.